The van der Waals surface area contributed by atoms with E-state index in [0.29, 0.717) is 22.1 Å². The summed E-state index contributed by atoms with van der Waals surface area (Å²) in [5.74, 6) is 0.639. The van der Waals surface area contributed by atoms with Crippen molar-refractivity contribution in [2.24, 2.45) is 0 Å². The van der Waals surface area contributed by atoms with E-state index in [9.17, 15) is 4.79 Å². The molecule has 3 rings (SSSR count). The molecule has 0 unspecified atom stereocenters. The van der Waals surface area contributed by atoms with Crippen molar-refractivity contribution < 1.29 is 23.9 Å². The molecule has 1 atom stereocenters. The molecule has 1 aliphatic rings. The summed E-state index contributed by atoms with van der Waals surface area (Å²) in [5, 5.41) is 3.51. The van der Waals surface area contributed by atoms with E-state index < -0.39 is 0 Å². The number of hydrogen-bond donors (Lipinski definition) is 2. The number of quaternary nitrogens is 1. The van der Waals surface area contributed by atoms with Gasteiger partial charge in [-0.1, -0.05) is 41.4 Å². The van der Waals surface area contributed by atoms with Crippen molar-refractivity contribution in [2.45, 2.75) is 13.0 Å². The molecule has 0 aromatic heterocycles. The summed E-state index contributed by atoms with van der Waals surface area (Å²) in [6.07, 6.45) is 0. The highest BCUT2D eigenvalue weighted by molar-refractivity contribution is 6.32. The SMILES string of the molecule is COc1cc(C(=O)N[C@@H](C[NH+]2CCOCC2)c2ccc(C)cc2)cc(Cl)c1OC. The molecule has 2 aromatic carbocycles. The van der Waals surface area contributed by atoms with E-state index in [1.54, 1.807) is 12.1 Å². The van der Waals surface area contributed by atoms with Gasteiger partial charge in [0.15, 0.2) is 11.5 Å². The van der Waals surface area contributed by atoms with Gasteiger partial charge < -0.3 is 24.4 Å². The topological polar surface area (TPSA) is 61.2 Å². The molecule has 29 heavy (non-hydrogen) atoms. The molecule has 7 heteroatoms. The number of morpholine rings is 1. The zero-order valence-electron chi connectivity index (χ0n) is 17.1. The predicted octanol–water partition coefficient (Wildman–Crippen LogP) is 2.05. The van der Waals surface area contributed by atoms with Crippen LogP contribution in [0.1, 0.15) is 27.5 Å². The van der Waals surface area contributed by atoms with Gasteiger partial charge in [-0.15, -0.1) is 0 Å². The van der Waals surface area contributed by atoms with Crippen molar-refractivity contribution >= 4 is 17.5 Å². The minimum Gasteiger partial charge on any atom is -0.493 e. The Morgan fingerprint density at radius 1 is 1.17 bits per heavy atom. The minimum absolute atomic E-state index is 0.122. The Kier molecular flexibility index (Phi) is 7.36. The second-order valence-electron chi connectivity index (χ2n) is 7.20. The Balaban J connectivity index is 1.83. The van der Waals surface area contributed by atoms with Crippen LogP contribution in [0.15, 0.2) is 36.4 Å². The Bertz CT molecular complexity index is 835. The first-order chi connectivity index (χ1) is 14.0. The maximum Gasteiger partial charge on any atom is 0.252 e. The van der Waals surface area contributed by atoms with Crippen molar-refractivity contribution in [3.63, 3.8) is 0 Å². The van der Waals surface area contributed by atoms with E-state index in [1.165, 1.54) is 24.7 Å². The fraction of sp³-hybridized carbons (Fsp3) is 0.409. The maximum absolute atomic E-state index is 13.1. The Labute approximate surface area is 176 Å². The molecule has 0 spiro atoms. The van der Waals surface area contributed by atoms with Crippen LogP contribution in [0.25, 0.3) is 0 Å². The normalized spacial score (nSPS) is 15.6. The number of halogens is 1. The number of aryl methyl sites for hydroxylation is 1. The molecule has 156 valence electrons. The van der Waals surface area contributed by atoms with Crippen LogP contribution in [0.3, 0.4) is 0 Å². The third kappa shape index (κ3) is 5.41. The summed E-state index contributed by atoms with van der Waals surface area (Å²) in [5.41, 5.74) is 2.69. The van der Waals surface area contributed by atoms with Gasteiger partial charge in [0, 0.05) is 5.56 Å². The summed E-state index contributed by atoms with van der Waals surface area (Å²) < 4.78 is 16.0. The van der Waals surface area contributed by atoms with Crippen LogP contribution in [0.4, 0.5) is 0 Å². The zero-order chi connectivity index (χ0) is 20.8. The average Bonchev–Trinajstić information content (AvgIpc) is 2.73. The van der Waals surface area contributed by atoms with Gasteiger partial charge in [-0.05, 0) is 24.6 Å². The molecule has 1 aliphatic heterocycles. The number of methoxy groups -OCH3 is 2. The summed E-state index contributed by atoms with van der Waals surface area (Å²) >= 11 is 6.28. The van der Waals surface area contributed by atoms with Crippen LogP contribution in [0.5, 0.6) is 11.5 Å². The molecule has 0 radical (unpaired) electrons. The summed E-state index contributed by atoms with van der Waals surface area (Å²) in [6.45, 7) is 6.20. The van der Waals surface area contributed by atoms with E-state index >= 15 is 0 Å². The summed E-state index contributed by atoms with van der Waals surface area (Å²) in [4.78, 5) is 14.5. The highest BCUT2D eigenvalue weighted by Crippen LogP contribution is 2.36. The van der Waals surface area contributed by atoms with Crippen LogP contribution in [0, 0.1) is 6.92 Å². The molecule has 1 saturated heterocycles. The van der Waals surface area contributed by atoms with E-state index in [-0.39, 0.29) is 11.9 Å². The van der Waals surface area contributed by atoms with Gasteiger partial charge in [0.25, 0.3) is 5.91 Å². The zero-order valence-corrected chi connectivity index (χ0v) is 17.8. The molecule has 2 N–H and O–H groups in total. The van der Waals surface area contributed by atoms with Crippen molar-refractivity contribution in [3.05, 3.63) is 58.1 Å². The number of carbonyl (C=O) groups is 1. The van der Waals surface area contributed by atoms with Crippen LogP contribution in [-0.4, -0.2) is 53.0 Å². The van der Waals surface area contributed by atoms with Gasteiger partial charge in [0.05, 0.1) is 32.5 Å². The number of benzene rings is 2. The molecule has 1 amide bonds. The molecular weight excluding hydrogens is 392 g/mol. The first-order valence-electron chi connectivity index (χ1n) is 9.72. The van der Waals surface area contributed by atoms with E-state index in [4.69, 9.17) is 25.8 Å². The second-order valence-corrected chi connectivity index (χ2v) is 7.60. The average molecular weight is 420 g/mol. The van der Waals surface area contributed by atoms with Gasteiger partial charge in [0.2, 0.25) is 0 Å². The largest absolute Gasteiger partial charge is 0.493 e. The van der Waals surface area contributed by atoms with E-state index in [2.05, 4.69) is 36.5 Å². The first-order valence-corrected chi connectivity index (χ1v) is 10.1. The lowest BCUT2D eigenvalue weighted by Crippen LogP contribution is -3.14. The van der Waals surface area contributed by atoms with Crippen LogP contribution in [-0.2, 0) is 4.74 Å². The monoisotopic (exact) mass is 419 g/mol. The second kappa shape index (κ2) is 9.96. The van der Waals surface area contributed by atoms with Gasteiger partial charge in [-0.2, -0.15) is 0 Å². The number of ether oxygens (including phenoxy) is 3. The molecule has 1 heterocycles. The molecule has 0 aliphatic carbocycles. The van der Waals surface area contributed by atoms with Crippen LogP contribution < -0.4 is 19.7 Å². The van der Waals surface area contributed by atoms with Gasteiger partial charge in [-0.25, -0.2) is 0 Å². The molecular formula is C22H28ClN2O4+. The summed E-state index contributed by atoms with van der Waals surface area (Å²) in [7, 11) is 3.04. The minimum atomic E-state index is -0.203. The molecule has 0 saturated carbocycles. The molecule has 6 nitrogen and oxygen atoms in total. The number of rotatable bonds is 7. The highest BCUT2D eigenvalue weighted by atomic mass is 35.5. The van der Waals surface area contributed by atoms with Crippen LogP contribution >= 0.6 is 11.6 Å². The number of hydrogen-bond acceptors (Lipinski definition) is 4. The van der Waals surface area contributed by atoms with Crippen LogP contribution in [0.2, 0.25) is 5.02 Å². The van der Waals surface area contributed by atoms with Crippen molar-refractivity contribution in [1.82, 2.24) is 5.32 Å². The van der Waals surface area contributed by atoms with Gasteiger partial charge in [0.1, 0.15) is 25.7 Å². The van der Waals surface area contributed by atoms with E-state index in [0.717, 1.165) is 38.4 Å². The molecule has 1 fully saturated rings. The number of carbonyl (C=O) groups excluding carboxylic acids is 1. The first kappa shape index (κ1) is 21.4. The van der Waals surface area contributed by atoms with Crippen molar-refractivity contribution in [1.29, 1.82) is 0 Å². The smallest absolute Gasteiger partial charge is 0.252 e. The summed E-state index contributed by atoms with van der Waals surface area (Å²) in [6, 6.07) is 11.4. The van der Waals surface area contributed by atoms with Crippen molar-refractivity contribution in [3.8, 4) is 11.5 Å². The fourth-order valence-electron chi connectivity index (χ4n) is 3.49. The number of amides is 1. The highest BCUT2D eigenvalue weighted by Gasteiger charge is 2.24. The lowest BCUT2D eigenvalue weighted by atomic mass is 10.0. The van der Waals surface area contributed by atoms with Gasteiger partial charge in [-0.3, -0.25) is 4.79 Å². The molecule has 0 bridgehead atoms. The molecule has 2 aromatic rings. The predicted molar refractivity (Wildman–Crippen MR) is 112 cm³/mol. The Morgan fingerprint density at radius 3 is 2.48 bits per heavy atom. The van der Waals surface area contributed by atoms with Gasteiger partial charge >= 0.3 is 0 Å². The Hall–Kier alpha value is -2.28. The Morgan fingerprint density at radius 2 is 1.86 bits per heavy atom. The van der Waals surface area contributed by atoms with Crippen molar-refractivity contribution in [2.75, 3.05) is 47.1 Å². The third-order valence-corrected chi connectivity index (χ3v) is 5.45. The lowest BCUT2D eigenvalue weighted by molar-refractivity contribution is -0.909. The third-order valence-electron chi connectivity index (χ3n) is 5.17. The standard InChI is InChI=1S/C22H27ClN2O4/c1-15-4-6-16(7-5-15)19(14-25-8-10-29-11-9-25)24-22(26)17-12-18(23)21(28-3)20(13-17)27-2/h4-7,12-13,19H,8-11,14H2,1-3H3,(H,24,26)/p+1/t19-/m0/s1. The van der Waals surface area contributed by atoms with E-state index in [1.807, 2.05) is 0 Å². The fourth-order valence-corrected chi connectivity index (χ4v) is 3.78. The number of nitrogens with one attached hydrogen (secondary N) is 2. The lowest BCUT2D eigenvalue weighted by Gasteiger charge is -2.28. The maximum atomic E-state index is 13.1. The quantitative estimate of drug-likeness (QED) is 0.721.